The van der Waals surface area contributed by atoms with Crippen molar-refractivity contribution in [3.63, 3.8) is 0 Å². The molecule has 0 bridgehead atoms. The van der Waals surface area contributed by atoms with E-state index in [1.807, 2.05) is 0 Å². The Morgan fingerprint density at radius 1 is 0.880 bits per heavy atom. The molecule has 150 valence electrons. The van der Waals surface area contributed by atoms with Crippen molar-refractivity contribution in [2.24, 2.45) is 0 Å². The lowest BCUT2D eigenvalue weighted by Gasteiger charge is -2.07. The van der Waals surface area contributed by atoms with Crippen LogP contribution in [-0.4, -0.2) is 45.7 Å². The maximum absolute atomic E-state index is 10.3. The van der Waals surface area contributed by atoms with Crippen LogP contribution in [0.5, 0.6) is 0 Å². The number of carboxylic acid groups (broad SMARTS) is 1. The summed E-state index contributed by atoms with van der Waals surface area (Å²) < 4.78 is 0. The quantitative estimate of drug-likeness (QED) is 0.246. The molecule has 0 aromatic carbocycles. The van der Waals surface area contributed by atoms with Crippen molar-refractivity contribution < 1.29 is 25.2 Å². The van der Waals surface area contributed by atoms with Crippen LogP contribution in [0.15, 0.2) is 12.2 Å². The second kappa shape index (κ2) is 23.1. The van der Waals surface area contributed by atoms with Gasteiger partial charge in [-0.05, 0) is 32.1 Å². The highest BCUT2D eigenvalue weighted by Crippen LogP contribution is 2.10. The van der Waals surface area contributed by atoms with Gasteiger partial charge in [-0.15, -0.1) is 0 Å². The number of aliphatic carboxylic acids is 1. The highest BCUT2D eigenvalue weighted by atomic mass is 16.4. The zero-order valence-electron chi connectivity index (χ0n) is 16.0. The van der Waals surface area contributed by atoms with Crippen molar-refractivity contribution in [3.05, 3.63) is 12.2 Å². The van der Waals surface area contributed by atoms with Crippen LogP contribution in [0.4, 0.5) is 0 Å². The van der Waals surface area contributed by atoms with Gasteiger partial charge in [0.1, 0.15) is 0 Å². The van der Waals surface area contributed by atoms with Crippen molar-refractivity contribution in [1.29, 1.82) is 0 Å². The molecule has 0 unspecified atom stereocenters. The van der Waals surface area contributed by atoms with Gasteiger partial charge >= 0.3 is 5.97 Å². The summed E-state index contributed by atoms with van der Waals surface area (Å²) in [5.74, 6) is -0.689. The molecule has 0 aliphatic carbocycles. The minimum absolute atomic E-state index is 0.125. The first kappa shape index (κ1) is 26.3. The van der Waals surface area contributed by atoms with E-state index in [1.54, 1.807) is 0 Å². The third-order valence-corrected chi connectivity index (χ3v) is 3.83. The predicted octanol–water partition coefficient (Wildman–Crippen LogP) is 4.05. The molecule has 0 aliphatic heterocycles. The maximum Gasteiger partial charge on any atom is 0.303 e. The zero-order chi connectivity index (χ0) is 19.2. The average molecular weight is 361 g/mol. The van der Waals surface area contributed by atoms with Crippen molar-refractivity contribution in [3.8, 4) is 0 Å². The SMILES string of the molecule is CCCCCC[C@@H](O)C/C=C\CCCCCCCC(=O)O.OCCO. The highest BCUT2D eigenvalue weighted by Gasteiger charge is 2.00. The van der Waals surface area contributed by atoms with Crippen LogP contribution in [0, 0.1) is 0 Å². The lowest BCUT2D eigenvalue weighted by molar-refractivity contribution is -0.137. The molecule has 0 saturated heterocycles. The largest absolute Gasteiger partial charge is 0.481 e. The van der Waals surface area contributed by atoms with Crippen LogP contribution in [0.2, 0.25) is 0 Å². The molecule has 0 radical (unpaired) electrons. The Bertz CT molecular complexity index is 290. The molecule has 25 heavy (non-hydrogen) atoms. The summed E-state index contributed by atoms with van der Waals surface area (Å²) in [5.41, 5.74) is 0. The summed E-state index contributed by atoms with van der Waals surface area (Å²) in [6.45, 7) is 1.95. The summed E-state index contributed by atoms with van der Waals surface area (Å²) in [6.07, 6.45) is 17.4. The van der Waals surface area contributed by atoms with Crippen molar-refractivity contribution in [2.75, 3.05) is 13.2 Å². The van der Waals surface area contributed by atoms with E-state index in [0.29, 0.717) is 6.42 Å². The molecule has 0 aliphatic rings. The Labute approximate surface area is 153 Å². The van der Waals surface area contributed by atoms with Gasteiger partial charge in [0.15, 0.2) is 0 Å². The minimum atomic E-state index is -0.689. The van der Waals surface area contributed by atoms with Crippen molar-refractivity contribution in [2.45, 2.75) is 96.5 Å². The normalized spacial score (nSPS) is 12.0. The molecule has 5 heteroatoms. The zero-order valence-corrected chi connectivity index (χ0v) is 16.0. The van der Waals surface area contributed by atoms with E-state index in [0.717, 1.165) is 51.4 Å². The maximum atomic E-state index is 10.3. The molecule has 0 saturated carbocycles. The molecule has 0 aromatic rings. The Kier molecular flexibility index (Phi) is 24.3. The smallest absolute Gasteiger partial charge is 0.303 e. The lowest BCUT2D eigenvalue weighted by Crippen LogP contribution is -2.04. The van der Waals surface area contributed by atoms with Crippen LogP contribution >= 0.6 is 0 Å². The van der Waals surface area contributed by atoms with Crippen molar-refractivity contribution >= 4 is 5.97 Å². The number of aliphatic hydroxyl groups excluding tert-OH is 3. The fraction of sp³-hybridized carbons (Fsp3) is 0.850. The van der Waals surface area contributed by atoms with E-state index in [1.165, 1.54) is 25.7 Å². The van der Waals surface area contributed by atoms with E-state index >= 15 is 0 Å². The Morgan fingerprint density at radius 3 is 2.08 bits per heavy atom. The van der Waals surface area contributed by atoms with Gasteiger partial charge in [-0.2, -0.15) is 0 Å². The number of carboxylic acids is 1. The molecule has 0 spiro atoms. The first-order chi connectivity index (χ1) is 12.1. The molecule has 5 nitrogen and oxygen atoms in total. The van der Waals surface area contributed by atoms with E-state index in [9.17, 15) is 9.90 Å². The van der Waals surface area contributed by atoms with Crippen LogP contribution in [0.25, 0.3) is 0 Å². The summed E-state index contributed by atoms with van der Waals surface area (Å²) in [5, 5.41) is 33.6. The molecule has 0 amide bonds. The van der Waals surface area contributed by atoms with E-state index in [2.05, 4.69) is 19.1 Å². The third kappa shape index (κ3) is 28.2. The van der Waals surface area contributed by atoms with Gasteiger partial charge in [-0.3, -0.25) is 4.79 Å². The number of hydrogen-bond acceptors (Lipinski definition) is 4. The predicted molar refractivity (Wildman–Crippen MR) is 103 cm³/mol. The first-order valence-electron chi connectivity index (χ1n) is 9.85. The fourth-order valence-corrected chi connectivity index (χ4v) is 2.36. The van der Waals surface area contributed by atoms with Gasteiger partial charge in [0, 0.05) is 6.42 Å². The number of aliphatic hydroxyl groups is 3. The Hall–Kier alpha value is -0.910. The standard InChI is InChI=1S/C18H34O3.C2H6O2/c1-2-3-4-11-14-17(19)15-12-9-7-5-6-8-10-13-16-18(20)21;3-1-2-4/h9,12,17,19H,2-8,10-11,13-16H2,1H3,(H,20,21);3-4H,1-2H2/b12-9-;/t17-;/m1./s1. The molecular formula is C20H40O5. The molecule has 1 atom stereocenters. The van der Waals surface area contributed by atoms with Crippen LogP contribution in [0.3, 0.4) is 0 Å². The second-order valence-corrected chi connectivity index (χ2v) is 6.36. The Balaban J connectivity index is 0. The number of rotatable bonds is 16. The third-order valence-electron chi connectivity index (χ3n) is 3.83. The molecule has 4 N–H and O–H groups in total. The van der Waals surface area contributed by atoms with E-state index < -0.39 is 5.97 Å². The van der Waals surface area contributed by atoms with Gasteiger partial charge in [0.25, 0.3) is 0 Å². The van der Waals surface area contributed by atoms with Gasteiger partial charge < -0.3 is 20.4 Å². The fourth-order valence-electron chi connectivity index (χ4n) is 2.36. The van der Waals surface area contributed by atoms with Gasteiger partial charge in [0.05, 0.1) is 19.3 Å². The lowest BCUT2D eigenvalue weighted by atomic mass is 10.1. The number of unbranched alkanes of at least 4 members (excludes halogenated alkanes) is 8. The molecule has 0 fully saturated rings. The average Bonchev–Trinajstić information content (AvgIpc) is 2.60. The number of allylic oxidation sites excluding steroid dienone is 1. The second-order valence-electron chi connectivity index (χ2n) is 6.36. The summed E-state index contributed by atoms with van der Waals surface area (Å²) >= 11 is 0. The topological polar surface area (TPSA) is 98.0 Å². The number of hydrogen-bond donors (Lipinski definition) is 4. The van der Waals surface area contributed by atoms with Crippen LogP contribution in [0.1, 0.15) is 90.4 Å². The Morgan fingerprint density at radius 2 is 1.48 bits per heavy atom. The van der Waals surface area contributed by atoms with Crippen molar-refractivity contribution in [1.82, 2.24) is 0 Å². The molecular weight excluding hydrogens is 320 g/mol. The minimum Gasteiger partial charge on any atom is -0.481 e. The molecule has 0 aromatic heterocycles. The van der Waals surface area contributed by atoms with E-state index in [-0.39, 0.29) is 19.3 Å². The summed E-state index contributed by atoms with van der Waals surface area (Å²) in [6, 6.07) is 0. The van der Waals surface area contributed by atoms with Gasteiger partial charge in [0.2, 0.25) is 0 Å². The van der Waals surface area contributed by atoms with Gasteiger partial charge in [-0.1, -0.05) is 64.0 Å². The molecule has 0 heterocycles. The van der Waals surface area contributed by atoms with Gasteiger partial charge in [-0.25, -0.2) is 0 Å². The first-order valence-corrected chi connectivity index (χ1v) is 9.85. The van der Waals surface area contributed by atoms with E-state index in [4.69, 9.17) is 15.3 Å². The highest BCUT2D eigenvalue weighted by molar-refractivity contribution is 5.66. The molecule has 0 rings (SSSR count). The van der Waals surface area contributed by atoms with Crippen LogP contribution < -0.4 is 0 Å². The van der Waals surface area contributed by atoms with Crippen LogP contribution in [-0.2, 0) is 4.79 Å². The summed E-state index contributed by atoms with van der Waals surface area (Å²) in [7, 11) is 0. The summed E-state index contributed by atoms with van der Waals surface area (Å²) in [4.78, 5) is 10.3. The number of carbonyl (C=O) groups is 1. The monoisotopic (exact) mass is 360 g/mol.